The quantitative estimate of drug-likeness (QED) is 0.211. The summed E-state index contributed by atoms with van der Waals surface area (Å²) in [6.07, 6.45) is 1.15. The van der Waals surface area contributed by atoms with Gasteiger partial charge in [0.1, 0.15) is 0 Å². The summed E-state index contributed by atoms with van der Waals surface area (Å²) in [5.74, 6) is 1.54. The number of halogens is 1. The van der Waals surface area contributed by atoms with Crippen LogP contribution in [0.25, 0.3) is 0 Å². The Bertz CT molecular complexity index is 596. The van der Waals surface area contributed by atoms with Gasteiger partial charge in [-0.3, -0.25) is 9.89 Å². The molecule has 166 valence electrons. The summed E-state index contributed by atoms with van der Waals surface area (Å²) in [6.45, 7) is 12.5. The van der Waals surface area contributed by atoms with Crippen molar-refractivity contribution in [2.45, 2.75) is 33.4 Å². The van der Waals surface area contributed by atoms with Crippen LogP contribution < -0.4 is 5.32 Å². The van der Waals surface area contributed by atoms with E-state index in [4.69, 9.17) is 9.47 Å². The summed E-state index contributed by atoms with van der Waals surface area (Å²) >= 11 is 0. The smallest absolute Gasteiger partial charge is 0.193 e. The van der Waals surface area contributed by atoms with Crippen LogP contribution in [0.2, 0.25) is 0 Å². The summed E-state index contributed by atoms with van der Waals surface area (Å²) in [6, 6.07) is 8.71. The van der Waals surface area contributed by atoms with Crippen molar-refractivity contribution >= 4 is 29.9 Å². The Balaban J connectivity index is 0.00000420. The largest absolute Gasteiger partial charge is 0.382 e. The van der Waals surface area contributed by atoms with Gasteiger partial charge in [0.25, 0.3) is 0 Å². The van der Waals surface area contributed by atoms with Crippen molar-refractivity contribution in [1.82, 2.24) is 15.1 Å². The molecule has 1 aromatic rings. The lowest BCUT2D eigenvalue weighted by Crippen LogP contribution is -2.40. The molecule has 1 aromatic carbocycles. The Hall–Kier alpha value is -0.900. The number of benzene rings is 1. The number of aliphatic imine (C=N–C) groups is 1. The van der Waals surface area contributed by atoms with E-state index in [-0.39, 0.29) is 24.0 Å². The van der Waals surface area contributed by atoms with E-state index in [9.17, 15) is 0 Å². The van der Waals surface area contributed by atoms with Crippen LogP contribution in [0.3, 0.4) is 0 Å². The van der Waals surface area contributed by atoms with Crippen molar-refractivity contribution in [1.29, 1.82) is 0 Å². The highest BCUT2D eigenvalue weighted by Crippen LogP contribution is 2.17. The summed E-state index contributed by atoms with van der Waals surface area (Å²) < 4.78 is 10.7. The van der Waals surface area contributed by atoms with Crippen molar-refractivity contribution < 1.29 is 9.47 Å². The number of nitrogens with zero attached hydrogens (tertiary/aromatic N) is 3. The van der Waals surface area contributed by atoms with E-state index < -0.39 is 0 Å². The number of guanidine groups is 1. The van der Waals surface area contributed by atoms with Gasteiger partial charge in [-0.1, -0.05) is 38.1 Å². The first kappa shape index (κ1) is 26.1. The van der Waals surface area contributed by atoms with Crippen molar-refractivity contribution in [3.63, 3.8) is 0 Å². The molecule has 1 atom stereocenters. The molecule has 1 unspecified atom stereocenters. The highest BCUT2D eigenvalue weighted by atomic mass is 127. The second kappa shape index (κ2) is 15.0. The van der Waals surface area contributed by atoms with Gasteiger partial charge in [-0.15, -0.1) is 24.0 Å². The number of hydrogen-bond acceptors (Lipinski definition) is 4. The minimum atomic E-state index is 0. The zero-order chi connectivity index (χ0) is 20.2. The highest BCUT2D eigenvalue weighted by Gasteiger charge is 2.25. The molecule has 1 aliphatic rings. The van der Waals surface area contributed by atoms with Gasteiger partial charge in [-0.05, 0) is 30.6 Å². The SMILES string of the molecule is CCN(CC)Cc1ccccc1CNC(=NC)N1CCC(COCCOC)C1.I. The minimum absolute atomic E-state index is 0. The fourth-order valence-electron chi connectivity index (χ4n) is 3.63. The number of likely N-dealkylation sites (tertiary alicyclic amines) is 1. The fourth-order valence-corrected chi connectivity index (χ4v) is 3.63. The number of rotatable bonds is 11. The molecule has 7 heteroatoms. The topological polar surface area (TPSA) is 49.3 Å². The van der Waals surface area contributed by atoms with E-state index in [0.29, 0.717) is 19.1 Å². The maximum absolute atomic E-state index is 5.71. The Morgan fingerprint density at radius 3 is 2.59 bits per heavy atom. The van der Waals surface area contributed by atoms with Crippen LogP contribution in [-0.2, 0) is 22.6 Å². The van der Waals surface area contributed by atoms with Crippen LogP contribution in [-0.4, -0.2) is 75.9 Å². The third kappa shape index (κ3) is 8.78. The van der Waals surface area contributed by atoms with Crippen molar-refractivity contribution in [2.75, 3.05) is 60.2 Å². The van der Waals surface area contributed by atoms with Gasteiger partial charge in [0.05, 0.1) is 19.8 Å². The van der Waals surface area contributed by atoms with E-state index in [0.717, 1.165) is 58.3 Å². The Morgan fingerprint density at radius 1 is 1.21 bits per heavy atom. The lowest BCUT2D eigenvalue weighted by atomic mass is 10.1. The van der Waals surface area contributed by atoms with Gasteiger partial charge < -0.3 is 19.7 Å². The van der Waals surface area contributed by atoms with Crippen LogP contribution >= 0.6 is 24.0 Å². The van der Waals surface area contributed by atoms with Crippen LogP contribution in [0.5, 0.6) is 0 Å². The third-order valence-corrected chi connectivity index (χ3v) is 5.43. The molecular weight excluding hydrogens is 479 g/mol. The number of methoxy groups -OCH3 is 1. The highest BCUT2D eigenvalue weighted by molar-refractivity contribution is 14.0. The Morgan fingerprint density at radius 2 is 1.93 bits per heavy atom. The average Bonchev–Trinajstić information content (AvgIpc) is 3.19. The van der Waals surface area contributed by atoms with E-state index >= 15 is 0 Å². The molecule has 1 fully saturated rings. The molecule has 2 rings (SSSR count). The van der Waals surface area contributed by atoms with Crippen LogP contribution in [0, 0.1) is 5.92 Å². The van der Waals surface area contributed by atoms with Crippen molar-refractivity contribution in [3.8, 4) is 0 Å². The molecule has 0 saturated carbocycles. The maximum atomic E-state index is 5.71. The van der Waals surface area contributed by atoms with E-state index in [1.165, 1.54) is 11.1 Å². The predicted octanol–water partition coefficient (Wildman–Crippen LogP) is 3.21. The van der Waals surface area contributed by atoms with Crippen LogP contribution in [0.15, 0.2) is 29.3 Å². The molecule has 1 heterocycles. The molecule has 0 amide bonds. The lowest BCUT2D eigenvalue weighted by Gasteiger charge is -2.23. The summed E-state index contributed by atoms with van der Waals surface area (Å²) in [4.78, 5) is 9.30. The van der Waals surface area contributed by atoms with Gasteiger partial charge >= 0.3 is 0 Å². The summed E-state index contributed by atoms with van der Waals surface area (Å²) in [7, 11) is 3.57. The monoisotopic (exact) mass is 518 g/mol. The summed E-state index contributed by atoms with van der Waals surface area (Å²) in [5.41, 5.74) is 2.73. The normalized spacial score (nSPS) is 16.9. The first-order valence-corrected chi connectivity index (χ1v) is 10.5. The molecule has 1 saturated heterocycles. The molecular formula is C22H39IN4O2. The van der Waals surface area contributed by atoms with Gasteiger partial charge in [-0.2, -0.15) is 0 Å². The lowest BCUT2D eigenvalue weighted by molar-refractivity contribution is 0.0536. The second-order valence-electron chi connectivity index (χ2n) is 7.30. The second-order valence-corrected chi connectivity index (χ2v) is 7.30. The first-order valence-electron chi connectivity index (χ1n) is 10.5. The van der Waals surface area contributed by atoms with Gasteiger partial charge in [-0.25, -0.2) is 0 Å². The molecule has 0 aromatic heterocycles. The number of ether oxygens (including phenoxy) is 2. The Kier molecular flexibility index (Phi) is 13.5. The molecule has 0 spiro atoms. The van der Waals surface area contributed by atoms with E-state index in [1.807, 2.05) is 7.05 Å². The van der Waals surface area contributed by atoms with Crippen LogP contribution in [0.4, 0.5) is 0 Å². The summed E-state index contributed by atoms with van der Waals surface area (Å²) in [5, 5.41) is 3.57. The standard InChI is InChI=1S/C22H38N4O2.HI/c1-5-25(6-2)17-21-10-8-7-9-20(21)15-24-22(23-3)26-12-11-19(16-26)18-28-14-13-27-4;/h7-10,19H,5-6,11-18H2,1-4H3,(H,23,24);1H. The third-order valence-electron chi connectivity index (χ3n) is 5.43. The maximum Gasteiger partial charge on any atom is 0.193 e. The van der Waals surface area contributed by atoms with E-state index in [1.54, 1.807) is 7.11 Å². The Labute approximate surface area is 194 Å². The molecule has 0 radical (unpaired) electrons. The minimum Gasteiger partial charge on any atom is -0.382 e. The van der Waals surface area contributed by atoms with Gasteiger partial charge in [0.15, 0.2) is 5.96 Å². The average molecular weight is 518 g/mol. The zero-order valence-electron chi connectivity index (χ0n) is 18.5. The van der Waals surface area contributed by atoms with E-state index in [2.05, 4.69) is 58.2 Å². The van der Waals surface area contributed by atoms with Crippen molar-refractivity contribution in [3.05, 3.63) is 35.4 Å². The predicted molar refractivity (Wildman–Crippen MR) is 131 cm³/mol. The molecule has 0 aliphatic carbocycles. The van der Waals surface area contributed by atoms with Crippen molar-refractivity contribution in [2.24, 2.45) is 10.9 Å². The molecule has 29 heavy (non-hydrogen) atoms. The molecule has 6 nitrogen and oxygen atoms in total. The van der Waals surface area contributed by atoms with Gasteiger partial charge in [0.2, 0.25) is 0 Å². The van der Waals surface area contributed by atoms with Crippen LogP contribution in [0.1, 0.15) is 31.4 Å². The molecule has 1 aliphatic heterocycles. The fraction of sp³-hybridized carbons (Fsp3) is 0.682. The zero-order valence-corrected chi connectivity index (χ0v) is 20.9. The molecule has 0 bridgehead atoms. The first-order chi connectivity index (χ1) is 13.7. The number of hydrogen-bond donors (Lipinski definition) is 1. The molecule has 1 N–H and O–H groups in total. The van der Waals surface area contributed by atoms with Gasteiger partial charge in [0, 0.05) is 46.3 Å². The number of nitrogens with one attached hydrogen (secondary N) is 1.